The van der Waals surface area contributed by atoms with Gasteiger partial charge in [0.15, 0.2) is 0 Å². The van der Waals surface area contributed by atoms with Gasteiger partial charge in [-0.1, -0.05) is 39.0 Å². The molecule has 0 saturated heterocycles. The van der Waals surface area contributed by atoms with Gasteiger partial charge in [-0.15, -0.1) is 11.3 Å². The summed E-state index contributed by atoms with van der Waals surface area (Å²) in [6, 6.07) is 2.24. The van der Waals surface area contributed by atoms with Gasteiger partial charge in [-0.2, -0.15) is 5.26 Å². The second-order valence-electron chi connectivity index (χ2n) is 5.90. The van der Waals surface area contributed by atoms with Crippen molar-refractivity contribution < 1.29 is 4.79 Å². The molecule has 1 saturated carbocycles. The normalized spacial score (nSPS) is 15.7. The Morgan fingerprint density at radius 3 is 2.71 bits per heavy atom. The van der Waals surface area contributed by atoms with E-state index >= 15 is 0 Å². The highest BCUT2D eigenvalue weighted by Gasteiger charge is 2.18. The first-order valence-electron chi connectivity index (χ1n) is 7.97. The van der Waals surface area contributed by atoms with Crippen LogP contribution in [0, 0.1) is 24.2 Å². The van der Waals surface area contributed by atoms with E-state index in [2.05, 4.69) is 11.4 Å². The molecule has 4 heteroatoms. The van der Waals surface area contributed by atoms with E-state index in [-0.39, 0.29) is 5.91 Å². The number of nitrogens with one attached hydrogen (secondary N) is 1. The number of hydrogen-bond acceptors (Lipinski definition) is 3. The fourth-order valence-electron chi connectivity index (χ4n) is 3.21. The summed E-state index contributed by atoms with van der Waals surface area (Å²) in [7, 11) is 0. The number of carbonyl (C=O) groups is 1. The fourth-order valence-corrected chi connectivity index (χ4v) is 4.32. The van der Waals surface area contributed by atoms with E-state index in [4.69, 9.17) is 0 Å². The van der Waals surface area contributed by atoms with Crippen LogP contribution in [-0.4, -0.2) is 5.91 Å². The molecule has 1 fully saturated rings. The quantitative estimate of drug-likeness (QED) is 0.850. The molecule has 21 heavy (non-hydrogen) atoms. The van der Waals surface area contributed by atoms with E-state index in [0.717, 1.165) is 34.2 Å². The number of amides is 1. The summed E-state index contributed by atoms with van der Waals surface area (Å²) < 4.78 is 0. The first-order chi connectivity index (χ1) is 10.2. The summed E-state index contributed by atoms with van der Waals surface area (Å²) in [5.41, 5.74) is 1.73. The van der Waals surface area contributed by atoms with Crippen LogP contribution in [0.3, 0.4) is 0 Å². The Morgan fingerprint density at radius 2 is 2.10 bits per heavy atom. The van der Waals surface area contributed by atoms with E-state index in [9.17, 15) is 10.1 Å². The highest BCUT2D eigenvalue weighted by molar-refractivity contribution is 7.16. The minimum atomic E-state index is 0.0565. The molecular formula is C17H24N2OS. The first kappa shape index (κ1) is 16.0. The highest BCUT2D eigenvalue weighted by Crippen LogP contribution is 2.33. The number of anilines is 1. The van der Waals surface area contributed by atoms with Gasteiger partial charge >= 0.3 is 0 Å². The van der Waals surface area contributed by atoms with E-state index in [1.807, 2.05) is 13.8 Å². The summed E-state index contributed by atoms with van der Waals surface area (Å²) in [6.45, 7) is 4.06. The van der Waals surface area contributed by atoms with E-state index < -0.39 is 0 Å². The van der Waals surface area contributed by atoms with Gasteiger partial charge in [0.25, 0.3) is 0 Å². The summed E-state index contributed by atoms with van der Waals surface area (Å²) in [4.78, 5) is 13.3. The van der Waals surface area contributed by atoms with Crippen LogP contribution in [0.15, 0.2) is 0 Å². The van der Waals surface area contributed by atoms with Crippen molar-refractivity contribution in [2.75, 3.05) is 5.32 Å². The predicted molar refractivity (Wildman–Crippen MR) is 87.6 cm³/mol. The lowest BCUT2D eigenvalue weighted by Crippen LogP contribution is -2.14. The van der Waals surface area contributed by atoms with Crippen LogP contribution in [0.1, 0.15) is 67.9 Å². The van der Waals surface area contributed by atoms with Crippen LogP contribution in [0.2, 0.25) is 0 Å². The number of carbonyl (C=O) groups excluding carboxylic acids is 1. The average molecular weight is 304 g/mol. The zero-order valence-electron chi connectivity index (χ0n) is 13.0. The molecule has 0 aromatic carbocycles. The molecule has 0 atom stereocenters. The Bertz CT molecular complexity index is 536. The van der Waals surface area contributed by atoms with Gasteiger partial charge in [0.2, 0.25) is 5.91 Å². The minimum Gasteiger partial charge on any atom is -0.317 e. The van der Waals surface area contributed by atoms with Crippen molar-refractivity contribution >= 4 is 22.2 Å². The SMILES string of the molecule is CCc1c(C)sc(NC(=O)CCC2CCCCC2)c1C#N. The van der Waals surface area contributed by atoms with Crippen LogP contribution in [-0.2, 0) is 11.2 Å². The number of aryl methyl sites for hydroxylation is 1. The highest BCUT2D eigenvalue weighted by atomic mass is 32.1. The van der Waals surface area contributed by atoms with Crippen molar-refractivity contribution in [2.24, 2.45) is 5.92 Å². The fraction of sp³-hybridized carbons (Fsp3) is 0.647. The third-order valence-electron chi connectivity index (χ3n) is 4.43. The Morgan fingerprint density at radius 1 is 1.38 bits per heavy atom. The molecule has 0 unspecified atom stereocenters. The van der Waals surface area contributed by atoms with Crippen LogP contribution in [0.4, 0.5) is 5.00 Å². The first-order valence-corrected chi connectivity index (χ1v) is 8.79. The van der Waals surface area contributed by atoms with Crippen molar-refractivity contribution in [3.63, 3.8) is 0 Å². The maximum absolute atomic E-state index is 12.1. The number of nitriles is 1. The maximum Gasteiger partial charge on any atom is 0.225 e. The van der Waals surface area contributed by atoms with Gasteiger partial charge in [0.1, 0.15) is 11.1 Å². The molecule has 1 aromatic heterocycles. The van der Waals surface area contributed by atoms with E-state index in [0.29, 0.717) is 12.0 Å². The van der Waals surface area contributed by atoms with Gasteiger partial charge in [-0.25, -0.2) is 0 Å². The van der Waals surface area contributed by atoms with E-state index in [1.54, 1.807) is 0 Å². The van der Waals surface area contributed by atoms with Gasteiger partial charge in [-0.3, -0.25) is 4.79 Å². The summed E-state index contributed by atoms with van der Waals surface area (Å²) in [5.74, 6) is 0.775. The molecule has 2 rings (SSSR count). The van der Waals surface area contributed by atoms with Crippen molar-refractivity contribution in [2.45, 2.75) is 65.2 Å². The molecule has 3 nitrogen and oxygen atoms in total. The summed E-state index contributed by atoms with van der Waals surface area (Å²) in [6.07, 6.45) is 8.92. The van der Waals surface area contributed by atoms with Crippen LogP contribution < -0.4 is 5.32 Å². The zero-order chi connectivity index (χ0) is 15.2. The largest absolute Gasteiger partial charge is 0.317 e. The molecule has 1 aliphatic carbocycles. The molecule has 1 amide bonds. The molecule has 1 aliphatic rings. The Balaban J connectivity index is 1.92. The predicted octanol–water partition coefficient (Wildman–Crippen LogP) is 4.79. The molecule has 0 aliphatic heterocycles. The lowest BCUT2D eigenvalue weighted by Gasteiger charge is -2.20. The Kier molecular flexibility index (Phi) is 5.81. The molecule has 0 radical (unpaired) electrons. The topological polar surface area (TPSA) is 52.9 Å². The molecule has 0 spiro atoms. The van der Waals surface area contributed by atoms with Gasteiger partial charge < -0.3 is 5.32 Å². The summed E-state index contributed by atoms with van der Waals surface area (Å²) in [5, 5.41) is 13.0. The van der Waals surface area contributed by atoms with Crippen LogP contribution in [0.25, 0.3) is 0 Å². The Labute approximate surface area is 131 Å². The lowest BCUT2D eigenvalue weighted by molar-refractivity contribution is -0.116. The second-order valence-corrected chi connectivity index (χ2v) is 7.12. The monoisotopic (exact) mass is 304 g/mol. The number of rotatable bonds is 5. The van der Waals surface area contributed by atoms with E-state index in [1.165, 1.54) is 43.4 Å². The van der Waals surface area contributed by atoms with Gasteiger partial charge in [0, 0.05) is 11.3 Å². The van der Waals surface area contributed by atoms with Crippen LogP contribution >= 0.6 is 11.3 Å². The molecule has 1 heterocycles. The molecule has 114 valence electrons. The third kappa shape index (κ3) is 4.07. The standard InChI is InChI=1S/C17H24N2OS/c1-3-14-12(2)21-17(15(14)11-18)19-16(20)10-9-13-7-5-4-6-8-13/h13H,3-10H2,1-2H3,(H,19,20). The van der Waals surface area contributed by atoms with Crippen molar-refractivity contribution in [3.8, 4) is 6.07 Å². The lowest BCUT2D eigenvalue weighted by atomic mass is 9.86. The van der Waals surface area contributed by atoms with Crippen LogP contribution in [0.5, 0.6) is 0 Å². The van der Waals surface area contributed by atoms with Crippen molar-refractivity contribution in [1.82, 2.24) is 0 Å². The second kappa shape index (κ2) is 7.61. The average Bonchev–Trinajstić information content (AvgIpc) is 2.80. The smallest absolute Gasteiger partial charge is 0.225 e. The van der Waals surface area contributed by atoms with Crippen molar-refractivity contribution in [3.05, 3.63) is 16.0 Å². The Hall–Kier alpha value is -1.34. The minimum absolute atomic E-state index is 0.0565. The molecule has 0 bridgehead atoms. The van der Waals surface area contributed by atoms with Crippen molar-refractivity contribution in [1.29, 1.82) is 5.26 Å². The molecule has 1 aromatic rings. The number of hydrogen-bond donors (Lipinski definition) is 1. The van der Waals surface area contributed by atoms with Gasteiger partial charge in [-0.05, 0) is 31.2 Å². The zero-order valence-corrected chi connectivity index (χ0v) is 13.8. The maximum atomic E-state index is 12.1. The van der Waals surface area contributed by atoms with Gasteiger partial charge in [0.05, 0.1) is 5.56 Å². The number of nitrogens with zero attached hydrogens (tertiary/aromatic N) is 1. The summed E-state index contributed by atoms with van der Waals surface area (Å²) >= 11 is 1.53. The number of thiophene rings is 1. The molecule has 1 N–H and O–H groups in total. The third-order valence-corrected chi connectivity index (χ3v) is 5.49. The molecular weight excluding hydrogens is 280 g/mol.